The number of ether oxygens (including phenoxy) is 2. The second kappa shape index (κ2) is 8.51. The lowest BCUT2D eigenvalue weighted by atomic mass is 9.74. The van der Waals surface area contributed by atoms with Crippen LogP contribution >= 0.6 is 0 Å². The molecule has 1 aromatic heterocycles. The van der Waals surface area contributed by atoms with Crippen molar-refractivity contribution in [2.45, 2.75) is 37.8 Å². The fraction of sp³-hybridized carbons (Fsp3) is 0.400. The summed E-state index contributed by atoms with van der Waals surface area (Å²) in [4.78, 5) is 40.2. The van der Waals surface area contributed by atoms with Gasteiger partial charge >= 0.3 is 11.7 Å². The Balaban J connectivity index is 1.37. The first-order chi connectivity index (χ1) is 16.0. The summed E-state index contributed by atoms with van der Waals surface area (Å²) in [7, 11) is 3.00. The van der Waals surface area contributed by atoms with E-state index in [2.05, 4.69) is 16.4 Å². The molecule has 0 bridgehead atoms. The van der Waals surface area contributed by atoms with Crippen molar-refractivity contribution in [3.8, 4) is 5.75 Å². The Morgan fingerprint density at radius 3 is 2.82 bits per heavy atom. The van der Waals surface area contributed by atoms with Crippen molar-refractivity contribution in [1.29, 1.82) is 0 Å². The summed E-state index contributed by atoms with van der Waals surface area (Å²) in [5, 5.41) is 4.00. The van der Waals surface area contributed by atoms with E-state index in [-0.39, 0.29) is 17.2 Å². The molecule has 1 unspecified atom stereocenters. The largest absolute Gasteiger partial charge is 0.496 e. The smallest absolute Gasteiger partial charge is 0.337 e. The maximum absolute atomic E-state index is 13.0. The molecule has 33 heavy (non-hydrogen) atoms. The van der Waals surface area contributed by atoms with Crippen molar-refractivity contribution in [3.05, 3.63) is 73.9 Å². The molecule has 1 aliphatic carbocycles. The van der Waals surface area contributed by atoms with Crippen LogP contribution in [-0.4, -0.2) is 42.3 Å². The summed E-state index contributed by atoms with van der Waals surface area (Å²) in [6.45, 7) is 1.21. The minimum absolute atomic E-state index is 0.234. The fourth-order valence-corrected chi connectivity index (χ4v) is 5.59. The molecule has 1 fully saturated rings. The van der Waals surface area contributed by atoms with Gasteiger partial charge in [0.25, 0.3) is 5.56 Å². The number of hydrogen-bond acceptors (Lipinski definition) is 6. The number of fused-ring (bicyclic) bond motifs is 4. The number of methoxy groups -OCH3 is 2. The fourth-order valence-electron chi connectivity index (χ4n) is 5.59. The summed E-state index contributed by atoms with van der Waals surface area (Å²) in [5.41, 5.74) is 2.45. The molecule has 0 amide bonds. The zero-order valence-electron chi connectivity index (χ0n) is 18.7. The summed E-state index contributed by atoms with van der Waals surface area (Å²) in [6, 6.07) is 11.1. The average Bonchev–Trinajstić information content (AvgIpc) is 3.26. The van der Waals surface area contributed by atoms with Crippen molar-refractivity contribution in [2.75, 3.05) is 20.8 Å². The number of carbonyl (C=O) groups excluding carboxylic acids is 1. The van der Waals surface area contributed by atoms with Gasteiger partial charge in [0.15, 0.2) is 0 Å². The lowest BCUT2D eigenvalue weighted by Crippen LogP contribution is -2.38. The number of rotatable bonds is 5. The maximum atomic E-state index is 13.0. The van der Waals surface area contributed by atoms with Gasteiger partial charge in [-0.3, -0.25) is 9.36 Å². The number of nitrogens with one attached hydrogen (secondary N) is 2. The highest BCUT2D eigenvalue weighted by Gasteiger charge is 2.40. The molecule has 2 heterocycles. The van der Waals surface area contributed by atoms with Crippen LogP contribution < -0.4 is 21.3 Å². The Bertz CT molecular complexity index is 1340. The monoisotopic (exact) mass is 449 g/mol. The molecule has 1 aliphatic heterocycles. The van der Waals surface area contributed by atoms with Gasteiger partial charge in [-0.1, -0.05) is 12.1 Å². The third kappa shape index (κ3) is 3.64. The molecular formula is C25H27N3O5. The van der Waals surface area contributed by atoms with Gasteiger partial charge in [0, 0.05) is 25.0 Å². The van der Waals surface area contributed by atoms with Crippen LogP contribution in [0.5, 0.6) is 5.75 Å². The van der Waals surface area contributed by atoms with E-state index in [1.165, 1.54) is 34.9 Å². The topological polar surface area (TPSA) is 102 Å². The van der Waals surface area contributed by atoms with Gasteiger partial charge in [0.05, 0.1) is 30.7 Å². The van der Waals surface area contributed by atoms with E-state index in [0.29, 0.717) is 35.7 Å². The van der Waals surface area contributed by atoms with E-state index in [1.54, 1.807) is 13.2 Å². The van der Waals surface area contributed by atoms with E-state index < -0.39 is 11.7 Å². The lowest BCUT2D eigenvalue weighted by molar-refractivity contribution is 0.0601. The molecule has 172 valence electrons. The van der Waals surface area contributed by atoms with E-state index >= 15 is 0 Å². The van der Waals surface area contributed by atoms with Crippen LogP contribution in [0.2, 0.25) is 0 Å². The molecule has 2 aromatic carbocycles. The lowest BCUT2D eigenvalue weighted by Gasteiger charge is -2.31. The maximum Gasteiger partial charge on any atom is 0.337 e. The van der Waals surface area contributed by atoms with Crippen molar-refractivity contribution in [2.24, 2.45) is 5.92 Å². The molecule has 3 aromatic rings. The molecule has 0 spiro atoms. The zero-order valence-corrected chi connectivity index (χ0v) is 18.7. The Kier molecular flexibility index (Phi) is 5.54. The molecule has 1 saturated heterocycles. The molecule has 0 radical (unpaired) electrons. The van der Waals surface area contributed by atoms with Crippen molar-refractivity contribution in [3.63, 3.8) is 0 Å². The van der Waals surface area contributed by atoms with E-state index in [9.17, 15) is 14.4 Å². The van der Waals surface area contributed by atoms with Gasteiger partial charge < -0.3 is 19.8 Å². The molecule has 8 nitrogen and oxygen atoms in total. The Morgan fingerprint density at radius 2 is 2.03 bits per heavy atom. The molecule has 3 atom stereocenters. The summed E-state index contributed by atoms with van der Waals surface area (Å²) in [6.07, 6.45) is 2.71. The number of carbonyl (C=O) groups is 1. The molecule has 2 aliphatic rings. The first-order valence-electron chi connectivity index (χ1n) is 11.3. The van der Waals surface area contributed by atoms with Crippen LogP contribution in [0.1, 0.15) is 40.2 Å². The van der Waals surface area contributed by atoms with Gasteiger partial charge in [-0.15, -0.1) is 0 Å². The average molecular weight is 450 g/mol. The molecule has 5 rings (SSSR count). The number of esters is 1. The predicted octanol–water partition coefficient (Wildman–Crippen LogP) is 2.19. The first-order valence-corrected chi connectivity index (χ1v) is 11.3. The van der Waals surface area contributed by atoms with Crippen LogP contribution in [0, 0.1) is 5.92 Å². The summed E-state index contributed by atoms with van der Waals surface area (Å²) < 4.78 is 11.5. The minimum atomic E-state index is -0.518. The van der Waals surface area contributed by atoms with Crippen LogP contribution in [-0.2, 0) is 17.7 Å². The highest BCUT2D eigenvalue weighted by molar-refractivity contribution is 5.93. The van der Waals surface area contributed by atoms with Gasteiger partial charge in [0.1, 0.15) is 5.75 Å². The molecular weight excluding hydrogens is 422 g/mol. The summed E-state index contributed by atoms with van der Waals surface area (Å²) >= 11 is 0. The quantitative estimate of drug-likeness (QED) is 0.579. The highest BCUT2D eigenvalue weighted by atomic mass is 16.5. The number of benzene rings is 2. The van der Waals surface area contributed by atoms with E-state index in [4.69, 9.17) is 9.47 Å². The second-order valence-corrected chi connectivity index (χ2v) is 8.78. The number of aromatic amines is 1. The SMILES string of the molecule is COC(=O)c1ccc2c(=O)n(CCC3NC[C@H]4c5cccc(OC)c5CC[C@@H]34)c(=O)[nH]c2c1. The van der Waals surface area contributed by atoms with E-state index in [1.807, 2.05) is 12.1 Å². The van der Waals surface area contributed by atoms with Crippen LogP contribution in [0.3, 0.4) is 0 Å². The van der Waals surface area contributed by atoms with Crippen molar-refractivity contribution < 1.29 is 14.3 Å². The molecule has 8 heteroatoms. The van der Waals surface area contributed by atoms with Crippen molar-refractivity contribution >= 4 is 16.9 Å². The second-order valence-electron chi connectivity index (χ2n) is 8.78. The molecule has 2 N–H and O–H groups in total. The van der Waals surface area contributed by atoms with Crippen LogP contribution in [0.4, 0.5) is 0 Å². The van der Waals surface area contributed by atoms with Crippen LogP contribution in [0.25, 0.3) is 10.9 Å². The van der Waals surface area contributed by atoms with Crippen molar-refractivity contribution in [1.82, 2.24) is 14.9 Å². The zero-order chi connectivity index (χ0) is 23.1. The minimum Gasteiger partial charge on any atom is -0.496 e. The standard InChI is InChI=1S/C25H27N3O5/c1-32-22-5-3-4-15-17(22)9-8-16-19(15)13-26-20(16)10-11-28-23(29)18-7-6-14(24(30)33-2)12-21(18)27-25(28)31/h3-7,12,16,19-20,26H,8-11,13H2,1-2H3,(H,27,31)/t16-,19+,20?/m1/s1. The highest BCUT2D eigenvalue weighted by Crippen LogP contribution is 2.44. The number of hydrogen-bond donors (Lipinski definition) is 2. The van der Waals surface area contributed by atoms with Gasteiger partial charge in [-0.25, -0.2) is 9.59 Å². The third-order valence-corrected chi connectivity index (χ3v) is 7.22. The summed E-state index contributed by atoms with van der Waals surface area (Å²) in [5.74, 6) is 1.31. The van der Waals surface area contributed by atoms with Crippen LogP contribution in [0.15, 0.2) is 46.0 Å². The number of aromatic nitrogens is 2. The Morgan fingerprint density at radius 1 is 1.18 bits per heavy atom. The van der Waals surface area contributed by atoms with Gasteiger partial charge in [0.2, 0.25) is 0 Å². The normalized spacial score (nSPS) is 21.5. The molecule has 0 saturated carbocycles. The predicted molar refractivity (Wildman–Crippen MR) is 124 cm³/mol. The van der Waals surface area contributed by atoms with E-state index in [0.717, 1.165) is 25.1 Å². The first kappa shape index (κ1) is 21.5. The number of H-pyrrole nitrogens is 1. The Hall–Kier alpha value is -3.39. The number of nitrogens with zero attached hydrogens (tertiary/aromatic N) is 1. The van der Waals surface area contributed by atoms with Gasteiger partial charge in [-0.05, 0) is 60.6 Å². The van der Waals surface area contributed by atoms with Gasteiger partial charge in [-0.2, -0.15) is 0 Å². The third-order valence-electron chi connectivity index (χ3n) is 7.22. The Labute approximate surface area is 190 Å².